The van der Waals surface area contributed by atoms with Crippen LogP contribution in [0.3, 0.4) is 0 Å². The van der Waals surface area contributed by atoms with Crippen molar-refractivity contribution in [3.8, 4) is 0 Å². The SMILES string of the molecule is CCOC(=O)CC[C@@H](NC(=O)c1ccc(NCc2ccc3ncn(COC(=O)C(C)(C)C)c(=O)c3c2)cc1)C(=O)OCC. The van der Waals surface area contributed by atoms with Gasteiger partial charge in [-0.15, -0.1) is 0 Å². The zero-order valence-electron chi connectivity index (χ0n) is 25.1. The van der Waals surface area contributed by atoms with E-state index >= 15 is 0 Å². The van der Waals surface area contributed by atoms with E-state index < -0.39 is 35.3 Å². The van der Waals surface area contributed by atoms with E-state index in [4.69, 9.17) is 14.2 Å². The minimum absolute atomic E-state index is 0.0379. The second-order valence-electron chi connectivity index (χ2n) is 10.7. The van der Waals surface area contributed by atoms with E-state index in [2.05, 4.69) is 15.6 Å². The van der Waals surface area contributed by atoms with Crippen LogP contribution in [0.15, 0.2) is 53.6 Å². The van der Waals surface area contributed by atoms with E-state index in [1.807, 2.05) is 6.07 Å². The van der Waals surface area contributed by atoms with Gasteiger partial charge in [0, 0.05) is 24.2 Å². The molecule has 1 atom stereocenters. The van der Waals surface area contributed by atoms with E-state index in [1.165, 1.54) is 10.9 Å². The lowest BCUT2D eigenvalue weighted by Gasteiger charge is -2.17. The van der Waals surface area contributed by atoms with Gasteiger partial charge in [0.15, 0.2) is 6.73 Å². The number of anilines is 1. The molecule has 43 heavy (non-hydrogen) atoms. The molecular weight excluding hydrogens is 556 g/mol. The zero-order chi connectivity index (χ0) is 31.6. The Morgan fingerprint density at radius 1 is 0.953 bits per heavy atom. The van der Waals surface area contributed by atoms with E-state index in [1.54, 1.807) is 71.0 Å². The molecule has 0 spiro atoms. The van der Waals surface area contributed by atoms with Crippen molar-refractivity contribution in [3.05, 3.63) is 70.3 Å². The molecule has 0 fully saturated rings. The Kier molecular flexibility index (Phi) is 11.4. The number of carbonyl (C=O) groups excluding carboxylic acids is 4. The van der Waals surface area contributed by atoms with Crippen molar-refractivity contribution in [2.75, 3.05) is 18.5 Å². The Hall–Kier alpha value is -4.74. The first kappa shape index (κ1) is 32.8. The van der Waals surface area contributed by atoms with Crippen molar-refractivity contribution < 1.29 is 33.4 Å². The quantitative estimate of drug-likeness (QED) is 0.222. The number of nitrogens with one attached hydrogen (secondary N) is 2. The minimum atomic E-state index is -0.993. The monoisotopic (exact) mass is 594 g/mol. The lowest BCUT2D eigenvalue weighted by atomic mass is 9.98. The average Bonchev–Trinajstić information content (AvgIpc) is 2.97. The van der Waals surface area contributed by atoms with Gasteiger partial charge in [-0.25, -0.2) is 9.78 Å². The molecule has 0 saturated carbocycles. The number of hydrogen-bond donors (Lipinski definition) is 2. The lowest BCUT2D eigenvalue weighted by molar-refractivity contribution is -0.157. The van der Waals surface area contributed by atoms with Crippen LogP contribution in [0.1, 0.15) is 63.4 Å². The molecule has 1 aromatic heterocycles. The highest BCUT2D eigenvalue weighted by atomic mass is 16.5. The minimum Gasteiger partial charge on any atom is -0.466 e. The van der Waals surface area contributed by atoms with Gasteiger partial charge in [0.05, 0.1) is 29.5 Å². The zero-order valence-corrected chi connectivity index (χ0v) is 25.1. The van der Waals surface area contributed by atoms with Gasteiger partial charge in [-0.05, 0) is 83.0 Å². The summed E-state index contributed by atoms with van der Waals surface area (Å²) in [5.41, 5.74) is 1.36. The second kappa shape index (κ2) is 14.9. The van der Waals surface area contributed by atoms with E-state index in [-0.39, 0.29) is 38.3 Å². The molecule has 0 saturated heterocycles. The molecule has 12 nitrogen and oxygen atoms in total. The Labute approximate surface area is 249 Å². The fraction of sp³-hybridized carbons (Fsp3) is 0.419. The van der Waals surface area contributed by atoms with Crippen molar-refractivity contribution in [1.29, 1.82) is 0 Å². The van der Waals surface area contributed by atoms with E-state index in [0.29, 0.717) is 23.0 Å². The summed E-state index contributed by atoms with van der Waals surface area (Å²) in [6.07, 6.45) is 1.37. The van der Waals surface area contributed by atoms with Crippen LogP contribution in [-0.4, -0.2) is 52.6 Å². The third kappa shape index (κ3) is 9.38. The van der Waals surface area contributed by atoms with Gasteiger partial charge in [-0.2, -0.15) is 0 Å². The van der Waals surface area contributed by atoms with Gasteiger partial charge in [-0.1, -0.05) is 6.07 Å². The van der Waals surface area contributed by atoms with E-state index in [9.17, 15) is 24.0 Å². The molecule has 12 heteroatoms. The number of fused-ring (bicyclic) bond motifs is 1. The number of benzene rings is 2. The number of esters is 3. The van der Waals surface area contributed by atoms with Gasteiger partial charge >= 0.3 is 17.9 Å². The number of carbonyl (C=O) groups is 4. The molecule has 3 rings (SSSR count). The highest BCUT2D eigenvalue weighted by Crippen LogP contribution is 2.17. The van der Waals surface area contributed by atoms with Crippen molar-refractivity contribution in [2.45, 2.75) is 66.8 Å². The number of aromatic nitrogens is 2. The molecule has 0 aliphatic rings. The third-order valence-electron chi connectivity index (χ3n) is 6.30. The average molecular weight is 595 g/mol. The largest absolute Gasteiger partial charge is 0.466 e. The topological polar surface area (TPSA) is 155 Å². The summed E-state index contributed by atoms with van der Waals surface area (Å²) < 4.78 is 16.4. The summed E-state index contributed by atoms with van der Waals surface area (Å²) >= 11 is 0. The standard InChI is InChI=1S/C31H38N4O8/c1-6-41-26(36)15-14-25(29(39)42-7-2)34-27(37)21-9-11-22(12-10-21)32-17-20-8-13-24-23(16-20)28(38)35(18-33-24)19-43-30(40)31(3,4)5/h8-13,16,18,25,32H,6-7,14-15,17,19H2,1-5H3,(H,34,37)/t25-/m1/s1. The molecule has 2 aromatic carbocycles. The molecule has 0 radical (unpaired) electrons. The maximum absolute atomic E-state index is 13.0. The Morgan fingerprint density at radius 3 is 2.30 bits per heavy atom. The first-order chi connectivity index (χ1) is 20.4. The van der Waals surface area contributed by atoms with Crippen molar-refractivity contribution >= 4 is 40.4 Å². The first-order valence-corrected chi connectivity index (χ1v) is 14.0. The maximum atomic E-state index is 13.0. The number of ether oxygens (including phenoxy) is 3. The fourth-order valence-electron chi connectivity index (χ4n) is 3.93. The predicted molar refractivity (Wildman–Crippen MR) is 159 cm³/mol. The van der Waals surface area contributed by atoms with Gasteiger partial charge in [-0.3, -0.25) is 23.7 Å². The van der Waals surface area contributed by atoms with Crippen molar-refractivity contribution in [1.82, 2.24) is 14.9 Å². The van der Waals surface area contributed by atoms with Crippen LogP contribution < -0.4 is 16.2 Å². The number of nitrogens with zero attached hydrogens (tertiary/aromatic N) is 2. The fourth-order valence-corrected chi connectivity index (χ4v) is 3.93. The van der Waals surface area contributed by atoms with Crippen LogP contribution in [-0.2, 0) is 41.9 Å². The Bertz CT molecular complexity index is 1510. The third-order valence-corrected chi connectivity index (χ3v) is 6.30. The summed E-state index contributed by atoms with van der Waals surface area (Å²) in [5.74, 6) is -1.99. The van der Waals surface area contributed by atoms with Crippen LogP contribution in [0.25, 0.3) is 10.9 Å². The molecule has 1 amide bonds. The number of rotatable bonds is 13. The lowest BCUT2D eigenvalue weighted by Crippen LogP contribution is -2.42. The summed E-state index contributed by atoms with van der Waals surface area (Å²) in [6.45, 7) is 9.06. The van der Waals surface area contributed by atoms with Crippen LogP contribution in [0.4, 0.5) is 5.69 Å². The molecule has 3 aromatic rings. The van der Waals surface area contributed by atoms with Crippen molar-refractivity contribution in [2.24, 2.45) is 5.41 Å². The molecule has 1 heterocycles. The predicted octanol–water partition coefficient (Wildman–Crippen LogP) is 3.56. The molecular formula is C31H38N4O8. The summed E-state index contributed by atoms with van der Waals surface area (Å²) in [4.78, 5) is 66.3. The maximum Gasteiger partial charge on any atom is 0.328 e. The number of hydrogen-bond acceptors (Lipinski definition) is 10. The van der Waals surface area contributed by atoms with Gasteiger partial charge in [0.2, 0.25) is 0 Å². The van der Waals surface area contributed by atoms with Crippen LogP contribution in [0.5, 0.6) is 0 Å². The second-order valence-corrected chi connectivity index (χ2v) is 10.7. The van der Waals surface area contributed by atoms with E-state index in [0.717, 1.165) is 11.3 Å². The smallest absolute Gasteiger partial charge is 0.328 e. The summed E-state index contributed by atoms with van der Waals surface area (Å²) in [5, 5.41) is 6.27. The summed E-state index contributed by atoms with van der Waals surface area (Å²) in [7, 11) is 0. The highest BCUT2D eigenvalue weighted by molar-refractivity contribution is 5.97. The first-order valence-electron chi connectivity index (χ1n) is 14.0. The summed E-state index contributed by atoms with van der Waals surface area (Å²) in [6, 6.07) is 11.0. The Morgan fingerprint density at radius 2 is 1.65 bits per heavy atom. The van der Waals surface area contributed by atoms with Crippen LogP contribution in [0.2, 0.25) is 0 Å². The molecule has 0 aliphatic heterocycles. The van der Waals surface area contributed by atoms with Crippen LogP contribution in [0, 0.1) is 5.41 Å². The molecule has 2 N–H and O–H groups in total. The molecule has 0 aliphatic carbocycles. The Balaban J connectivity index is 1.63. The number of amides is 1. The van der Waals surface area contributed by atoms with Crippen LogP contribution >= 0.6 is 0 Å². The molecule has 230 valence electrons. The molecule has 0 unspecified atom stereocenters. The van der Waals surface area contributed by atoms with Gasteiger partial charge in [0.1, 0.15) is 12.4 Å². The van der Waals surface area contributed by atoms with Gasteiger partial charge < -0.3 is 24.8 Å². The highest BCUT2D eigenvalue weighted by Gasteiger charge is 2.24. The normalized spacial score (nSPS) is 11.8. The molecule has 0 bridgehead atoms. The van der Waals surface area contributed by atoms with Crippen molar-refractivity contribution in [3.63, 3.8) is 0 Å². The van der Waals surface area contributed by atoms with Gasteiger partial charge in [0.25, 0.3) is 11.5 Å².